The molecule has 1 aromatic carbocycles. The molecular weight excluding hydrogens is 462 g/mol. The summed E-state index contributed by atoms with van der Waals surface area (Å²) in [6.07, 6.45) is 14.6. The molecule has 4 saturated carbocycles. The molecule has 2 aromatic rings. The smallest absolute Gasteiger partial charge is 0.336 e. The van der Waals surface area contributed by atoms with Crippen LogP contribution in [0.25, 0.3) is 0 Å². The Morgan fingerprint density at radius 2 is 1.70 bits per heavy atom. The van der Waals surface area contributed by atoms with Crippen molar-refractivity contribution in [1.29, 1.82) is 0 Å². The predicted molar refractivity (Wildman–Crippen MR) is 146 cm³/mol. The monoisotopic (exact) mass is 505 g/mol. The summed E-state index contributed by atoms with van der Waals surface area (Å²) in [4.78, 5) is 33.7. The van der Waals surface area contributed by atoms with Gasteiger partial charge in [-0.3, -0.25) is 4.79 Å². The number of anilines is 1. The van der Waals surface area contributed by atoms with Crippen LogP contribution in [0, 0.1) is 30.1 Å². The van der Waals surface area contributed by atoms with Gasteiger partial charge in [-0.1, -0.05) is 32.8 Å². The topological polar surface area (TPSA) is 95.1 Å². The van der Waals surface area contributed by atoms with Crippen LogP contribution >= 0.6 is 0 Å². The molecule has 1 heterocycles. The summed E-state index contributed by atoms with van der Waals surface area (Å²) >= 11 is 0. The Balaban J connectivity index is 1.39. The number of H-pyrrole nitrogens is 1. The molecule has 200 valence electrons. The van der Waals surface area contributed by atoms with Crippen molar-refractivity contribution >= 4 is 17.6 Å². The number of hydrogen-bond acceptors (Lipinski definition) is 3. The maximum absolute atomic E-state index is 13.5. The van der Waals surface area contributed by atoms with E-state index < -0.39 is 5.97 Å². The Morgan fingerprint density at radius 3 is 2.27 bits per heavy atom. The Morgan fingerprint density at radius 1 is 1.08 bits per heavy atom. The number of carbonyl (C=O) groups is 2. The molecule has 4 bridgehead atoms. The number of rotatable bonds is 11. The minimum Gasteiger partial charge on any atom is -0.478 e. The minimum atomic E-state index is -0.992. The number of carboxylic acid groups (broad SMARTS) is 1. The van der Waals surface area contributed by atoms with Gasteiger partial charge < -0.3 is 15.4 Å². The summed E-state index contributed by atoms with van der Waals surface area (Å²) in [6, 6.07) is 5.04. The van der Waals surface area contributed by atoms with Gasteiger partial charge in [-0.15, -0.1) is 0 Å². The second-order valence-electron chi connectivity index (χ2n) is 12.4. The molecule has 4 aliphatic rings. The van der Waals surface area contributed by atoms with E-state index in [1.807, 2.05) is 0 Å². The quantitative estimate of drug-likeness (QED) is 0.295. The fourth-order valence-electron chi connectivity index (χ4n) is 8.21. The number of benzene rings is 1. The van der Waals surface area contributed by atoms with Gasteiger partial charge in [-0.2, -0.15) is 0 Å². The van der Waals surface area contributed by atoms with Crippen molar-refractivity contribution in [1.82, 2.24) is 9.97 Å². The summed E-state index contributed by atoms with van der Waals surface area (Å²) in [7, 11) is 0. The van der Waals surface area contributed by atoms with E-state index in [4.69, 9.17) is 4.98 Å². The zero-order valence-electron chi connectivity index (χ0n) is 22.7. The summed E-state index contributed by atoms with van der Waals surface area (Å²) < 4.78 is 0. The van der Waals surface area contributed by atoms with Crippen LogP contribution in [0.2, 0.25) is 0 Å². The zero-order chi connectivity index (χ0) is 26.2. The summed E-state index contributed by atoms with van der Waals surface area (Å²) in [5, 5.41) is 12.5. The fraction of sp³-hybridized carbons (Fsp3) is 0.645. The summed E-state index contributed by atoms with van der Waals surface area (Å²) in [5.41, 5.74) is 3.23. The first-order chi connectivity index (χ1) is 17.8. The summed E-state index contributed by atoms with van der Waals surface area (Å²) in [6.45, 7) is 6.16. The number of imidazole rings is 1. The highest BCUT2D eigenvalue weighted by Crippen LogP contribution is 2.61. The molecular formula is C31H43N3O3. The molecule has 0 unspecified atom stereocenters. The lowest BCUT2D eigenvalue weighted by Gasteiger charge is -2.57. The standard InChI is InChI=1S/C31H43N3O3/c1-4-6-23(7-5-2)28-33-26(10-11-31-16-20-12-21(17-31)14-22(13-20)18-31)27(34-28)29(35)32-24-9-8-19(3)25(15-24)30(36)37/h8-9,15,20-23H,4-7,10-14,16-18H2,1-3H3,(H,32,35)(H,33,34)(H,36,37). The Bertz CT molecular complexity index is 1110. The van der Waals surface area contributed by atoms with E-state index in [9.17, 15) is 14.7 Å². The summed E-state index contributed by atoms with van der Waals surface area (Å²) in [5.74, 6) is 2.75. The third kappa shape index (κ3) is 5.49. The largest absolute Gasteiger partial charge is 0.478 e. The molecule has 3 N–H and O–H groups in total. The second-order valence-corrected chi connectivity index (χ2v) is 12.4. The molecule has 6 nitrogen and oxygen atoms in total. The molecule has 0 spiro atoms. The molecule has 0 radical (unpaired) electrons. The van der Waals surface area contributed by atoms with E-state index in [-0.39, 0.29) is 11.5 Å². The van der Waals surface area contributed by atoms with Crippen LogP contribution in [0.3, 0.4) is 0 Å². The third-order valence-corrected chi connectivity index (χ3v) is 9.47. The second kappa shape index (κ2) is 10.6. The van der Waals surface area contributed by atoms with Gasteiger partial charge in [0.2, 0.25) is 0 Å². The van der Waals surface area contributed by atoms with Gasteiger partial charge in [0, 0.05) is 17.3 Å². The first-order valence-corrected chi connectivity index (χ1v) is 14.5. The van der Waals surface area contributed by atoms with E-state index >= 15 is 0 Å². The number of aryl methyl sites for hydroxylation is 2. The maximum Gasteiger partial charge on any atom is 0.336 e. The number of nitrogens with one attached hydrogen (secondary N) is 2. The molecule has 0 aliphatic heterocycles. The first-order valence-electron chi connectivity index (χ1n) is 14.5. The number of carboxylic acids is 1. The lowest BCUT2D eigenvalue weighted by molar-refractivity contribution is -0.0570. The average molecular weight is 506 g/mol. The van der Waals surface area contributed by atoms with Crippen molar-refractivity contribution in [2.45, 2.75) is 104 Å². The molecule has 6 heteroatoms. The van der Waals surface area contributed by atoms with Crippen LogP contribution in [-0.2, 0) is 6.42 Å². The number of aromatic amines is 1. The van der Waals surface area contributed by atoms with E-state index in [1.54, 1.807) is 19.1 Å². The Labute approximate surface area is 221 Å². The Kier molecular flexibility index (Phi) is 7.46. The van der Waals surface area contributed by atoms with Crippen molar-refractivity contribution in [2.75, 3.05) is 5.32 Å². The van der Waals surface area contributed by atoms with Gasteiger partial charge in [0.05, 0.1) is 5.56 Å². The number of amides is 1. The molecule has 1 amide bonds. The first kappa shape index (κ1) is 26.0. The van der Waals surface area contributed by atoms with Crippen molar-refractivity contribution in [3.05, 3.63) is 46.5 Å². The number of carbonyl (C=O) groups excluding carboxylic acids is 1. The number of aromatic carboxylic acids is 1. The van der Waals surface area contributed by atoms with Gasteiger partial charge in [-0.05, 0) is 112 Å². The number of hydrogen-bond donors (Lipinski definition) is 3. The van der Waals surface area contributed by atoms with Crippen LogP contribution in [0.4, 0.5) is 5.69 Å². The van der Waals surface area contributed by atoms with Crippen LogP contribution in [0.5, 0.6) is 0 Å². The van der Waals surface area contributed by atoms with Crippen LogP contribution in [-0.4, -0.2) is 27.0 Å². The lowest BCUT2D eigenvalue weighted by Crippen LogP contribution is -2.46. The van der Waals surface area contributed by atoms with Crippen molar-refractivity contribution < 1.29 is 14.7 Å². The minimum absolute atomic E-state index is 0.202. The third-order valence-electron chi connectivity index (χ3n) is 9.47. The van der Waals surface area contributed by atoms with E-state index in [0.29, 0.717) is 28.3 Å². The lowest BCUT2D eigenvalue weighted by atomic mass is 9.48. The normalized spacial score (nSPS) is 26.1. The van der Waals surface area contributed by atoms with Crippen LogP contribution in [0.1, 0.15) is 128 Å². The average Bonchev–Trinajstić information content (AvgIpc) is 3.27. The van der Waals surface area contributed by atoms with Crippen molar-refractivity contribution in [2.24, 2.45) is 23.2 Å². The van der Waals surface area contributed by atoms with Gasteiger partial charge >= 0.3 is 5.97 Å². The van der Waals surface area contributed by atoms with Gasteiger partial charge in [0.1, 0.15) is 11.5 Å². The highest BCUT2D eigenvalue weighted by Gasteiger charge is 2.50. The van der Waals surface area contributed by atoms with E-state index in [2.05, 4.69) is 24.1 Å². The van der Waals surface area contributed by atoms with Crippen LogP contribution in [0.15, 0.2) is 18.2 Å². The van der Waals surface area contributed by atoms with E-state index in [0.717, 1.165) is 67.8 Å². The molecule has 4 aliphatic carbocycles. The number of aromatic nitrogens is 2. The molecule has 0 atom stereocenters. The zero-order valence-corrected chi connectivity index (χ0v) is 22.7. The number of nitrogens with zero attached hydrogens (tertiary/aromatic N) is 1. The van der Waals surface area contributed by atoms with Crippen LogP contribution < -0.4 is 5.32 Å². The van der Waals surface area contributed by atoms with Gasteiger partial charge in [0.15, 0.2) is 0 Å². The van der Waals surface area contributed by atoms with Gasteiger partial charge in [0.25, 0.3) is 5.91 Å². The van der Waals surface area contributed by atoms with Crippen molar-refractivity contribution in [3.8, 4) is 0 Å². The maximum atomic E-state index is 13.5. The molecule has 4 fully saturated rings. The van der Waals surface area contributed by atoms with Gasteiger partial charge in [-0.25, -0.2) is 9.78 Å². The fourth-order valence-corrected chi connectivity index (χ4v) is 8.21. The highest BCUT2D eigenvalue weighted by molar-refractivity contribution is 6.04. The van der Waals surface area contributed by atoms with E-state index in [1.165, 1.54) is 44.6 Å². The Hall–Kier alpha value is -2.63. The highest BCUT2D eigenvalue weighted by atomic mass is 16.4. The molecule has 37 heavy (non-hydrogen) atoms. The SMILES string of the molecule is CCCC(CCC)c1nc(C(=O)Nc2ccc(C)c(C(=O)O)c2)c(CCC23CC4CC(CC(C4)C2)C3)[nH]1. The molecule has 0 saturated heterocycles. The predicted octanol–water partition coefficient (Wildman–Crippen LogP) is 7.50. The molecule has 1 aromatic heterocycles. The van der Waals surface area contributed by atoms with Crippen molar-refractivity contribution in [3.63, 3.8) is 0 Å². The molecule has 6 rings (SSSR count).